The van der Waals surface area contributed by atoms with Crippen molar-refractivity contribution >= 4 is 23.2 Å². The number of nitrogens with zero attached hydrogens (tertiary/aromatic N) is 2. The summed E-state index contributed by atoms with van der Waals surface area (Å²) in [5.41, 5.74) is 0. The number of rotatable bonds is 4. The molecule has 0 aromatic carbocycles. The van der Waals surface area contributed by atoms with Gasteiger partial charge in [-0.15, -0.1) is 11.3 Å². The molecule has 1 heterocycles. The summed E-state index contributed by atoms with van der Waals surface area (Å²) in [5, 5.41) is 16.7. The average Bonchev–Trinajstić information content (AvgIpc) is 2.66. The minimum absolute atomic E-state index is 0.125. The molecule has 0 bridgehead atoms. The summed E-state index contributed by atoms with van der Waals surface area (Å²) in [6.45, 7) is 3.00. The lowest BCUT2D eigenvalue weighted by Crippen LogP contribution is -2.12. The molecule has 0 radical (unpaired) electrons. The lowest BCUT2D eigenvalue weighted by atomic mass is 10.3. The van der Waals surface area contributed by atoms with Crippen molar-refractivity contribution in [1.29, 1.82) is 0 Å². The second-order valence-electron chi connectivity index (χ2n) is 3.04. The lowest BCUT2D eigenvalue weighted by Gasteiger charge is -1.97. The van der Waals surface area contributed by atoms with Crippen LogP contribution in [0.15, 0.2) is 28.8 Å². The van der Waals surface area contributed by atoms with E-state index in [0.717, 1.165) is 4.88 Å². The van der Waals surface area contributed by atoms with Crippen LogP contribution >= 0.6 is 11.3 Å². The summed E-state index contributed by atoms with van der Waals surface area (Å²) in [6, 6.07) is 3.20. The molecule has 1 aromatic heterocycles. The number of hydrogen-bond acceptors (Lipinski definition) is 4. The third-order valence-corrected chi connectivity index (χ3v) is 2.62. The standard InChI is InChI=1S/C10H12N2O2S/c1-8(9(2)13)11-12(14)6-5-10-4-3-7-15-10/h3-8H,1-2H3/b6-5+,12-11?/t8-/m0/s1. The molecule has 0 unspecified atom stereocenters. The summed E-state index contributed by atoms with van der Waals surface area (Å²) in [6.07, 6.45) is 2.96. The molecule has 0 saturated carbocycles. The molecule has 0 spiro atoms. The van der Waals surface area contributed by atoms with Gasteiger partial charge in [0.2, 0.25) is 6.20 Å². The zero-order valence-corrected chi connectivity index (χ0v) is 9.40. The van der Waals surface area contributed by atoms with Crippen LogP contribution in [0.2, 0.25) is 0 Å². The molecular weight excluding hydrogens is 212 g/mol. The Balaban J connectivity index is 2.62. The molecule has 1 atom stereocenters. The van der Waals surface area contributed by atoms with Crippen LogP contribution in [0.4, 0.5) is 0 Å². The average molecular weight is 224 g/mol. The smallest absolute Gasteiger partial charge is 0.210 e. The number of hydrogen-bond donors (Lipinski definition) is 0. The van der Waals surface area contributed by atoms with Crippen LogP contribution in [0.3, 0.4) is 0 Å². The minimum atomic E-state index is -0.588. The molecule has 1 rings (SSSR count). The van der Waals surface area contributed by atoms with Gasteiger partial charge in [0.25, 0.3) is 0 Å². The van der Waals surface area contributed by atoms with Crippen molar-refractivity contribution in [2.75, 3.05) is 0 Å². The number of carbonyl (C=O) groups is 1. The van der Waals surface area contributed by atoms with Crippen LogP contribution in [0.5, 0.6) is 0 Å². The Labute approximate surface area is 92.1 Å². The van der Waals surface area contributed by atoms with Gasteiger partial charge in [0, 0.05) is 11.0 Å². The molecule has 80 valence electrons. The molecule has 1 aromatic rings. The van der Waals surface area contributed by atoms with E-state index >= 15 is 0 Å². The Morgan fingerprint density at radius 3 is 3.00 bits per heavy atom. The van der Waals surface area contributed by atoms with Crippen LogP contribution in [-0.2, 0) is 4.79 Å². The maximum absolute atomic E-state index is 11.2. The van der Waals surface area contributed by atoms with E-state index in [4.69, 9.17) is 0 Å². The normalized spacial score (nSPS) is 14.4. The maximum atomic E-state index is 11.2. The Morgan fingerprint density at radius 2 is 2.47 bits per heavy atom. The van der Waals surface area contributed by atoms with Gasteiger partial charge in [0.05, 0.1) is 0 Å². The van der Waals surface area contributed by atoms with Crippen LogP contribution in [0.1, 0.15) is 18.7 Å². The summed E-state index contributed by atoms with van der Waals surface area (Å²) >= 11 is 1.53. The third kappa shape index (κ3) is 4.03. The molecule has 0 amide bonds. The van der Waals surface area contributed by atoms with Gasteiger partial charge in [0.15, 0.2) is 11.8 Å². The topological polar surface area (TPSA) is 55.5 Å². The lowest BCUT2D eigenvalue weighted by molar-refractivity contribution is -0.459. The molecule has 4 nitrogen and oxygen atoms in total. The van der Waals surface area contributed by atoms with Crippen LogP contribution in [0, 0.1) is 5.21 Å². The Morgan fingerprint density at radius 1 is 1.73 bits per heavy atom. The van der Waals surface area contributed by atoms with E-state index in [0.29, 0.717) is 4.86 Å². The zero-order chi connectivity index (χ0) is 11.3. The molecule has 0 aliphatic carbocycles. The zero-order valence-electron chi connectivity index (χ0n) is 8.58. The third-order valence-electron chi connectivity index (χ3n) is 1.78. The van der Waals surface area contributed by atoms with Gasteiger partial charge in [0.1, 0.15) is 0 Å². The quantitative estimate of drug-likeness (QED) is 0.448. The first kappa shape index (κ1) is 11.6. The number of carbonyl (C=O) groups excluding carboxylic acids is 1. The van der Waals surface area contributed by atoms with Crippen molar-refractivity contribution in [2.24, 2.45) is 5.11 Å². The SMILES string of the molecule is CC(=O)[C@H](C)N=[N+]([O-])/C=C/c1cccs1. The van der Waals surface area contributed by atoms with Crippen molar-refractivity contribution in [3.05, 3.63) is 33.8 Å². The molecule has 0 N–H and O–H groups in total. The summed E-state index contributed by atoms with van der Waals surface area (Å²) in [7, 11) is 0. The summed E-state index contributed by atoms with van der Waals surface area (Å²) in [4.78, 5) is 12.2. The predicted octanol–water partition coefficient (Wildman–Crippen LogP) is 2.66. The molecule has 0 saturated heterocycles. The van der Waals surface area contributed by atoms with Gasteiger partial charge in [-0.05, 0) is 30.4 Å². The molecule has 5 heteroatoms. The Kier molecular flexibility index (Phi) is 4.17. The van der Waals surface area contributed by atoms with E-state index in [9.17, 15) is 10.0 Å². The fraction of sp³-hybridized carbons (Fsp3) is 0.300. The minimum Gasteiger partial charge on any atom is -0.595 e. The molecule has 0 aliphatic rings. The Hall–Kier alpha value is -1.49. The number of Topliss-reactive ketones (excluding diaryl/α,β-unsaturated/α-hetero) is 1. The van der Waals surface area contributed by atoms with Gasteiger partial charge in [-0.3, -0.25) is 4.79 Å². The van der Waals surface area contributed by atoms with Crippen molar-refractivity contribution in [2.45, 2.75) is 19.9 Å². The molecule has 0 fully saturated rings. The highest BCUT2D eigenvalue weighted by molar-refractivity contribution is 7.10. The van der Waals surface area contributed by atoms with Crippen molar-refractivity contribution < 1.29 is 9.66 Å². The van der Waals surface area contributed by atoms with E-state index in [-0.39, 0.29) is 5.78 Å². The highest BCUT2D eigenvalue weighted by Gasteiger charge is 2.08. The highest BCUT2D eigenvalue weighted by atomic mass is 32.1. The predicted molar refractivity (Wildman–Crippen MR) is 59.6 cm³/mol. The van der Waals surface area contributed by atoms with Crippen molar-refractivity contribution in [3.63, 3.8) is 0 Å². The van der Waals surface area contributed by atoms with Crippen LogP contribution in [0.25, 0.3) is 6.08 Å². The van der Waals surface area contributed by atoms with Gasteiger partial charge < -0.3 is 5.21 Å². The number of hydroxylamine groups is 1. The van der Waals surface area contributed by atoms with E-state index in [1.54, 1.807) is 13.0 Å². The van der Waals surface area contributed by atoms with Crippen LogP contribution < -0.4 is 0 Å². The van der Waals surface area contributed by atoms with Gasteiger partial charge in [-0.2, -0.15) is 0 Å². The van der Waals surface area contributed by atoms with E-state index in [1.807, 2.05) is 17.5 Å². The number of azo groups is 1. The fourth-order valence-corrected chi connectivity index (χ4v) is 1.42. The van der Waals surface area contributed by atoms with E-state index in [1.165, 1.54) is 24.5 Å². The van der Waals surface area contributed by atoms with E-state index in [2.05, 4.69) is 5.11 Å². The van der Waals surface area contributed by atoms with Crippen LogP contribution in [-0.4, -0.2) is 16.7 Å². The molecule has 0 aliphatic heterocycles. The monoisotopic (exact) mass is 224 g/mol. The Bertz CT molecular complexity index is 382. The first-order valence-electron chi connectivity index (χ1n) is 4.49. The highest BCUT2D eigenvalue weighted by Crippen LogP contribution is 2.10. The maximum Gasteiger partial charge on any atom is 0.210 e. The van der Waals surface area contributed by atoms with Crippen molar-refractivity contribution in [3.8, 4) is 0 Å². The van der Waals surface area contributed by atoms with E-state index < -0.39 is 6.04 Å². The number of ketones is 1. The fourth-order valence-electron chi connectivity index (χ4n) is 0.814. The van der Waals surface area contributed by atoms with Gasteiger partial charge >= 0.3 is 0 Å². The second-order valence-corrected chi connectivity index (χ2v) is 4.02. The summed E-state index contributed by atoms with van der Waals surface area (Å²) in [5.74, 6) is -0.125. The second kappa shape index (κ2) is 5.41. The van der Waals surface area contributed by atoms with Gasteiger partial charge in [-0.1, -0.05) is 10.9 Å². The summed E-state index contributed by atoms with van der Waals surface area (Å²) < 4.78 is 0. The molecular formula is C10H12N2O2S. The molecule has 15 heavy (non-hydrogen) atoms. The first-order valence-corrected chi connectivity index (χ1v) is 5.37. The largest absolute Gasteiger partial charge is 0.595 e. The first-order chi connectivity index (χ1) is 7.09. The van der Waals surface area contributed by atoms with Crippen molar-refractivity contribution in [1.82, 2.24) is 0 Å². The van der Waals surface area contributed by atoms with Gasteiger partial charge in [-0.25, -0.2) is 0 Å². The number of thiophene rings is 1.